The van der Waals surface area contributed by atoms with Crippen LogP contribution in [0.3, 0.4) is 0 Å². The molecule has 2 fully saturated rings. The molecule has 2 rings (SSSR count). The van der Waals surface area contributed by atoms with Gasteiger partial charge in [0.2, 0.25) is 0 Å². The fraction of sp³-hybridized carbons (Fsp3) is 1.00. The highest BCUT2D eigenvalue weighted by Gasteiger charge is 2.42. The first-order valence-electron chi connectivity index (χ1n) is 7.58. The Hall–Kier alpha value is 0. The molecule has 0 saturated heterocycles. The number of hydrogen-bond acceptors (Lipinski definition) is 0. The molecule has 0 heterocycles. The molecular weight excluding hydrogens is 192 g/mol. The maximum atomic E-state index is 2.41. The summed E-state index contributed by atoms with van der Waals surface area (Å²) in [4.78, 5) is 0. The van der Waals surface area contributed by atoms with E-state index in [1.807, 2.05) is 13.8 Å². The van der Waals surface area contributed by atoms with Crippen molar-refractivity contribution in [1.82, 2.24) is 0 Å². The third-order valence-corrected chi connectivity index (χ3v) is 4.97. The van der Waals surface area contributed by atoms with E-state index in [4.69, 9.17) is 0 Å². The van der Waals surface area contributed by atoms with E-state index in [2.05, 4.69) is 27.7 Å². The maximum absolute atomic E-state index is 2.41. The molecule has 0 heteroatoms. The van der Waals surface area contributed by atoms with Crippen LogP contribution in [0.2, 0.25) is 0 Å². The lowest BCUT2D eigenvalue weighted by Gasteiger charge is -2.19. The standard InChI is InChI=1S/C14H26.C2H6/c1-9(2)11-5-13-7-12(10(3)4)8-14(13)6-11;1-2/h9-14H,5-8H2,1-4H3;1-2H3. The summed E-state index contributed by atoms with van der Waals surface area (Å²) in [5.74, 6) is 6.18. The summed E-state index contributed by atoms with van der Waals surface area (Å²) < 4.78 is 0. The van der Waals surface area contributed by atoms with Gasteiger partial charge in [0, 0.05) is 0 Å². The Bertz CT molecular complexity index is 158. The average molecular weight is 224 g/mol. The van der Waals surface area contributed by atoms with E-state index < -0.39 is 0 Å². The summed E-state index contributed by atoms with van der Waals surface area (Å²) in [6.07, 6.45) is 6.19. The SMILES string of the molecule is CC.CC(C)C1CC2CC(C(C)C)CC2C1. The fourth-order valence-electron chi connectivity index (χ4n) is 3.80. The molecule has 96 valence electrons. The smallest absolute Gasteiger partial charge is 0.0380 e. The van der Waals surface area contributed by atoms with E-state index in [0.29, 0.717) is 0 Å². The minimum atomic E-state index is 0.929. The molecule has 0 bridgehead atoms. The number of rotatable bonds is 2. The van der Waals surface area contributed by atoms with Gasteiger partial charge in [0.25, 0.3) is 0 Å². The molecule has 0 aliphatic heterocycles. The molecule has 2 aliphatic rings. The third kappa shape index (κ3) is 3.02. The zero-order chi connectivity index (χ0) is 12.3. The molecular formula is C16H32. The van der Waals surface area contributed by atoms with E-state index in [9.17, 15) is 0 Å². The van der Waals surface area contributed by atoms with Gasteiger partial charge in [-0.2, -0.15) is 0 Å². The molecule has 0 spiro atoms. The second kappa shape index (κ2) is 6.07. The van der Waals surface area contributed by atoms with Crippen LogP contribution >= 0.6 is 0 Å². The minimum absolute atomic E-state index is 0.929. The first-order chi connectivity index (χ1) is 7.58. The van der Waals surface area contributed by atoms with Crippen LogP contribution < -0.4 is 0 Å². The van der Waals surface area contributed by atoms with Crippen LogP contribution in [0.15, 0.2) is 0 Å². The predicted octanol–water partition coefficient (Wildman–Crippen LogP) is 5.38. The Morgan fingerprint density at radius 1 is 0.625 bits per heavy atom. The van der Waals surface area contributed by atoms with Crippen LogP contribution in [0.1, 0.15) is 67.2 Å². The molecule has 0 unspecified atom stereocenters. The normalized spacial score (nSPS) is 37.5. The van der Waals surface area contributed by atoms with Crippen LogP contribution in [-0.4, -0.2) is 0 Å². The molecule has 2 saturated carbocycles. The van der Waals surface area contributed by atoms with Gasteiger partial charge in [-0.3, -0.25) is 0 Å². The summed E-state index contributed by atoms with van der Waals surface area (Å²) in [6, 6.07) is 0. The summed E-state index contributed by atoms with van der Waals surface area (Å²) in [5.41, 5.74) is 0. The van der Waals surface area contributed by atoms with Crippen molar-refractivity contribution in [3.8, 4) is 0 Å². The predicted molar refractivity (Wildman–Crippen MR) is 73.5 cm³/mol. The monoisotopic (exact) mass is 224 g/mol. The number of hydrogen-bond donors (Lipinski definition) is 0. The van der Waals surface area contributed by atoms with Crippen molar-refractivity contribution >= 4 is 0 Å². The summed E-state index contributed by atoms with van der Waals surface area (Å²) in [6.45, 7) is 13.6. The maximum Gasteiger partial charge on any atom is -0.0380 e. The van der Waals surface area contributed by atoms with Crippen molar-refractivity contribution in [3.05, 3.63) is 0 Å². The van der Waals surface area contributed by atoms with Gasteiger partial charge in [0.1, 0.15) is 0 Å². The summed E-state index contributed by atoms with van der Waals surface area (Å²) in [5, 5.41) is 0. The van der Waals surface area contributed by atoms with Crippen LogP contribution in [0.5, 0.6) is 0 Å². The van der Waals surface area contributed by atoms with E-state index >= 15 is 0 Å². The Kier molecular flexibility index (Phi) is 5.34. The van der Waals surface area contributed by atoms with E-state index in [1.54, 1.807) is 25.7 Å². The van der Waals surface area contributed by atoms with Crippen LogP contribution in [0, 0.1) is 35.5 Å². The Labute approximate surface area is 103 Å². The Morgan fingerprint density at radius 2 is 0.875 bits per heavy atom. The van der Waals surface area contributed by atoms with Crippen LogP contribution in [0.25, 0.3) is 0 Å². The van der Waals surface area contributed by atoms with Gasteiger partial charge in [0.15, 0.2) is 0 Å². The molecule has 0 aromatic heterocycles. The highest BCUT2D eigenvalue weighted by atomic mass is 14.5. The lowest BCUT2D eigenvalue weighted by atomic mass is 9.87. The quantitative estimate of drug-likeness (QED) is 0.591. The van der Waals surface area contributed by atoms with E-state index in [1.165, 1.54) is 0 Å². The summed E-state index contributed by atoms with van der Waals surface area (Å²) in [7, 11) is 0. The van der Waals surface area contributed by atoms with Crippen molar-refractivity contribution in [1.29, 1.82) is 0 Å². The molecule has 0 radical (unpaired) electrons. The summed E-state index contributed by atoms with van der Waals surface area (Å²) >= 11 is 0. The van der Waals surface area contributed by atoms with Crippen molar-refractivity contribution in [3.63, 3.8) is 0 Å². The second-order valence-electron chi connectivity index (χ2n) is 6.47. The second-order valence-corrected chi connectivity index (χ2v) is 6.47. The Balaban J connectivity index is 0.000000606. The zero-order valence-electron chi connectivity index (χ0n) is 12.3. The van der Waals surface area contributed by atoms with Crippen molar-refractivity contribution in [2.75, 3.05) is 0 Å². The Morgan fingerprint density at radius 3 is 1.06 bits per heavy atom. The van der Waals surface area contributed by atoms with Gasteiger partial charge in [-0.05, 0) is 61.2 Å². The van der Waals surface area contributed by atoms with Gasteiger partial charge >= 0.3 is 0 Å². The molecule has 0 N–H and O–H groups in total. The molecule has 0 amide bonds. The van der Waals surface area contributed by atoms with Crippen molar-refractivity contribution in [2.24, 2.45) is 35.5 Å². The zero-order valence-corrected chi connectivity index (χ0v) is 12.3. The van der Waals surface area contributed by atoms with Crippen LogP contribution in [0.4, 0.5) is 0 Å². The highest BCUT2D eigenvalue weighted by Crippen LogP contribution is 2.52. The lowest BCUT2D eigenvalue weighted by Crippen LogP contribution is -2.09. The molecule has 0 aromatic carbocycles. The first-order valence-corrected chi connectivity index (χ1v) is 7.58. The molecule has 0 nitrogen and oxygen atoms in total. The van der Waals surface area contributed by atoms with Gasteiger partial charge in [-0.25, -0.2) is 0 Å². The topological polar surface area (TPSA) is 0 Å². The number of fused-ring (bicyclic) bond motifs is 1. The highest BCUT2D eigenvalue weighted by molar-refractivity contribution is 4.92. The third-order valence-electron chi connectivity index (χ3n) is 4.97. The molecule has 0 aromatic rings. The van der Waals surface area contributed by atoms with Crippen molar-refractivity contribution in [2.45, 2.75) is 67.2 Å². The van der Waals surface area contributed by atoms with Gasteiger partial charge < -0.3 is 0 Å². The average Bonchev–Trinajstić information content (AvgIpc) is 2.76. The molecule has 0 atom stereocenters. The fourth-order valence-corrected chi connectivity index (χ4v) is 3.80. The van der Waals surface area contributed by atoms with Gasteiger partial charge in [-0.1, -0.05) is 41.5 Å². The lowest BCUT2D eigenvalue weighted by molar-refractivity contribution is 0.314. The molecule has 16 heavy (non-hydrogen) atoms. The minimum Gasteiger partial charge on any atom is -0.0683 e. The largest absolute Gasteiger partial charge is 0.0683 e. The molecule has 2 aliphatic carbocycles. The van der Waals surface area contributed by atoms with Gasteiger partial charge in [0.05, 0.1) is 0 Å². The van der Waals surface area contributed by atoms with Crippen LogP contribution in [-0.2, 0) is 0 Å². The van der Waals surface area contributed by atoms with E-state index in [0.717, 1.165) is 35.5 Å². The van der Waals surface area contributed by atoms with Crippen molar-refractivity contribution < 1.29 is 0 Å². The van der Waals surface area contributed by atoms with E-state index in [-0.39, 0.29) is 0 Å². The van der Waals surface area contributed by atoms with Gasteiger partial charge in [-0.15, -0.1) is 0 Å². The first kappa shape index (κ1) is 14.1.